The summed E-state index contributed by atoms with van der Waals surface area (Å²) in [6, 6.07) is 46.6. The van der Waals surface area contributed by atoms with Gasteiger partial charge in [0.2, 0.25) is 0 Å². The molecule has 2 nitrogen and oxygen atoms in total. The predicted molar refractivity (Wildman–Crippen MR) is 178 cm³/mol. The monoisotopic (exact) mass is 568 g/mol. The Bertz CT molecular complexity index is 2450. The first-order valence-electron chi connectivity index (χ1n) is 13.6. The second kappa shape index (κ2) is 9.68. The molecule has 6 aromatic carbocycles. The van der Waals surface area contributed by atoms with Gasteiger partial charge in [-0.05, 0) is 59.2 Å². The van der Waals surface area contributed by atoms with Crippen molar-refractivity contribution < 1.29 is 0 Å². The number of fused-ring (bicyclic) bond motifs is 6. The minimum absolute atomic E-state index is 0.570. The van der Waals surface area contributed by atoms with E-state index in [1.807, 2.05) is 18.2 Å². The van der Waals surface area contributed by atoms with E-state index in [1.165, 1.54) is 40.3 Å². The Morgan fingerprint density at radius 3 is 1.95 bits per heavy atom. The van der Waals surface area contributed by atoms with E-state index in [9.17, 15) is 10.5 Å². The predicted octanol–water partition coefficient (Wildman–Crippen LogP) is 11.2. The third-order valence-electron chi connectivity index (χ3n) is 7.96. The molecule has 0 aliphatic heterocycles. The summed E-state index contributed by atoms with van der Waals surface area (Å²) in [5.41, 5.74) is 7.01. The van der Waals surface area contributed by atoms with Gasteiger partial charge < -0.3 is 0 Å². The van der Waals surface area contributed by atoms with Crippen LogP contribution in [0.3, 0.4) is 0 Å². The highest BCUT2D eigenvalue weighted by molar-refractivity contribution is 7.26. The lowest BCUT2D eigenvalue weighted by Crippen LogP contribution is -1.94. The van der Waals surface area contributed by atoms with E-state index < -0.39 is 0 Å². The number of hydrogen-bond donors (Lipinski definition) is 0. The second-order valence-corrected chi connectivity index (χ2v) is 12.4. The molecular weight excluding hydrogens is 549 g/mol. The van der Waals surface area contributed by atoms with Crippen molar-refractivity contribution in [2.24, 2.45) is 0 Å². The van der Waals surface area contributed by atoms with Crippen molar-refractivity contribution in [3.8, 4) is 45.5 Å². The number of rotatable bonds is 3. The van der Waals surface area contributed by atoms with Gasteiger partial charge in [0, 0.05) is 57.0 Å². The Kier molecular flexibility index (Phi) is 5.66. The van der Waals surface area contributed by atoms with Gasteiger partial charge in [-0.3, -0.25) is 0 Å². The molecule has 4 heteroatoms. The SMILES string of the molecule is N#Cc1cccc(-c2cc(-c3cccc4sc5ccccc5c34)cc(-c3cccc4c3sc3ccccc34)c2C#N)c1. The molecule has 0 N–H and O–H groups in total. The van der Waals surface area contributed by atoms with Crippen LogP contribution in [0.1, 0.15) is 11.1 Å². The maximum atomic E-state index is 10.7. The lowest BCUT2D eigenvalue weighted by Gasteiger charge is -2.16. The number of hydrogen-bond acceptors (Lipinski definition) is 4. The van der Waals surface area contributed by atoms with Crippen LogP contribution in [-0.4, -0.2) is 0 Å². The highest BCUT2D eigenvalue weighted by atomic mass is 32.1. The third-order valence-corrected chi connectivity index (χ3v) is 10.3. The molecule has 0 aliphatic rings. The van der Waals surface area contributed by atoms with Crippen LogP contribution in [0, 0.1) is 22.7 Å². The van der Waals surface area contributed by atoms with Crippen LogP contribution in [0.2, 0.25) is 0 Å². The number of nitriles is 2. The van der Waals surface area contributed by atoms with Gasteiger partial charge >= 0.3 is 0 Å². The molecule has 0 unspecified atom stereocenters. The average Bonchev–Trinajstić information content (AvgIpc) is 3.63. The minimum Gasteiger partial charge on any atom is -0.192 e. The van der Waals surface area contributed by atoms with E-state index >= 15 is 0 Å². The van der Waals surface area contributed by atoms with Crippen LogP contribution in [0.5, 0.6) is 0 Å². The zero-order valence-corrected chi connectivity index (χ0v) is 23.9. The second-order valence-electron chi connectivity index (χ2n) is 10.3. The largest absolute Gasteiger partial charge is 0.192 e. The zero-order valence-electron chi connectivity index (χ0n) is 22.3. The average molecular weight is 569 g/mol. The van der Waals surface area contributed by atoms with Gasteiger partial charge in [0.05, 0.1) is 17.2 Å². The van der Waals surface area contributed by atoms with Crippen molar-refractivity contribution in [2.75, 3.05) is 0 Å². The van der Waals surface area contributed by atoms with Crippen LogP contribution in [0.4, 0.5) is 0 Å². The molecule has 0 saturated carbocycles. The fourth-order valence-corrected chi connectivity index (χ4v) is 8.45. The Balaban J connectivity index is 1.50. The minimum atomic E-state index is 0.570. The summed E-state index contributed by atoms with van der Waals surface area (Å²) in [5, 5.41) is 25.2. The van der Waals surface area contributed by atoms with Crippen LogP contribution >= 0.6 is 22.7 Å². The molecule has 0 atom stereocenters. The highest BCUT2D eigenvalue weighted by Gasteiger charge is 2.20. The Hall–Kier alpha value is -5.26. The van der Waals surface area contributed by atoms with Gasteiger partial charge in [-0.15, -0.1) is 22.7 Å². The molecule has 42 heavy (non-hydrogen) atoms. The van der Waals surface area contributed by atoms with Gasteiger partial charge in [-0.2, -0.15) is 10.5 Å². The summed E-state index contributed by atoms with van der Waals surface area (Å²) >= 11 is 3.57. The summed E-state index contributed by atoms with van der Waals surface area (Å²) in [6.07, 6.45) is 0. The van der Waals surface area contributed by atoms with Gasteiger partial charge in [-0.1, -0.05) is 78.9 Å². The molecular formula is C38H20N2S2. The molecule has 2 aromatic heterocycles. The molecule has 0 bridgehead atoms. The van der Waals surface area contributed by atoms with Crippen molar-refractivity contribution in [1.29, 1.82) is 10.5 Å². The lowest BCUT2D eigenvalue weighted by atomic mass is 9.87. The fourth-order valence-electron chi connectivity index (χ4n) is 6.09. The van der Waals surface area contributed by atoms with Crippen molar-refractivity contribution in [1.82, 2.24) is 0 Å². The van der Waals surface area contributed by atoms with E-state index in [4.69, 9.17) is 0 Å². The number of thiophene rings is 2. The van der Waals surface area contributed by atoms with Gasteiger partial charge in [0.25, 0.3) is 0 Å². The van der Waals surface area contributed by atoms with Crippen LogP contribution < -0.4 is 0 Å². The van der Waals surface area contributed by atoms with E-state index in [1.54, 1.807) is 28.7 Å². The van der Waals surface area contributed by atoms with Gasteiger partial charge in [-0.25, -0.2) is 0 Å². The van der Waals surface area contributed by atoms with Crippen LogP contribution in [0.25, 0.3) is 73.7 Å². The highest BCUT2D eigenvalue weighted by Crippen LogP contribution is 2.46. The molecule has 0 amide bonds. The van der Waals surface area contributed by atoms with Crippen LogP contribution in [-0.2, 0) is 0 Å². The van der Waals surface area contributed by atoms with E-state index in [0.29, 0.717) is 11.1 Å². The maximum absolute atomic E-state index is 10.7. The van der Waals surface area contributed by atoms with Crippen molar-refractivity contribution in [3.05, 3.63) is 132 Å². The van der Waals surface area contributed by atoms with Crippen molar-refractivity contribution in [3.63, 3.8) is 0 Å². The summed E-state index contributed by atoms with van der Waals surface area (Å²) in [4.78, 5) is 0. The summed E-state index contributed by atoms with van der Waals surface area (Å²) in [6.45, 7) is 0. The normalized spacial score (nSPS) is 11.3. The fraction of sp³-hybridized carbons (Fsp3) is 0. The zero-order chi connectivity index (χ0) is 28.2. The van der Waals surface area contributed by atoms with Gasteiger partial charge in [0.1, 0.15) is 6.07 Å². The summed E-state index contributed by atoms with van der Waals surface area (Å²) in [7, 11) is 0. The molecule has 0 spiro atoms. The molecule has 8 rings (SSSR count). The molecule has 0 aliphatic carbocycles. The van der Waals surface area contributed by atoms with Gasteiger partial charge in [0.15, 0.2) is 0 Å². The maximum Gasteiger partial charge on any atom is 0.100 e. The first-order valence-corrected chi connectivity index (χ1v) is 15.3. The molecule has 0 saturated heterocycles. The molecule has 194 valence electrons. The van der Waals surface area contributed by atoms with E-state index in [0.717, 1.165) is 33.4 Å². The number of benzene rings is 6. The third kappa shape index (κ3) is 3.75. The first kappa shape index (κ1) is 24.5. The summed E-state index contributed by atoms with van der Waals surface area (Å²) in [5.74, 6) is 0. The number of nitrogens with zero attached hydrogens (tertiary/aromatic N) is 2. The molecule has 0 fully saturated rings. The molecule has 8 aromatic rings. The van der Waals surface area contributed by atoms with E-state index in [2.05, 4.69) is 109 Å². The van der Waals surface area contributed by atoms with E-state index in [-0.39, 0.29) is 0 Å². The van der Waals surface area contributed by atoms with Crippen LogP contribution in [0.15, 0.2) is 121 Å². The Morgan fingerprint density at radius 1 is 0.452 bits per heavy atom. The van der Waals surface area contributed by atoms with Crippen molar-refractivity contribution >= 4 is 63.0 Å². The Labute approximate surface area is 250 Å². The smallest absolute Gasteiger partial charge is 0.100 e. The lowest BCUT2D eigenvalue weighted by molar-refractivity contribution is 1.46. The van der Waals surface area contributed by atoms with Crippen molar-refractivity contribution in [2.45, 2.75) is 0 Å². The topological polar surface area (TPSA) is 47.6 Å². The first-order chi connectivity index (χ1) is 20.7. The quantitative estimate of drug-likeness (QED) is 0.213. The Morgan fingerprint density at radius 2 is 1.12 bits per heavy atom. The molecule has 2 heterocycles. The standard InChI is InChI=1S/C38H20N2S2/c39-21-23-8-5-9-24(18-23)31-19-25(26-12-7-17-36-37(26)30-11-2-4-16-35(30)41-36)20-32(33(31)22-40)29-14-6-13-28-27-10-1-3-15-34(27)42-38(28)29/h1-20H. The molecule has 0 radical (unpaired) electrons. The summed E-state index contributed by atoms with van der Waals surface area (Å²) < 4.78 is 4.89.